The highest BCUT2D eigenvalue weighted by Crippen LogP contribution is 2.39. The number of carbonyl (C=O) groups is 2. The number of methoxy groups -OCH3 is 3. The van der Waals surface area contributed by atoms with Gasteiger partial charge in [0.2, 0.25) is 5.75 Å². The zero-order valence-electron chi connectivity index (χ0n) is 15.9. The molecule has 0 aromatic heterocycles. The summed E-state index contributed by atoms with van der Waals surface area (Å²) in [4.78, 5) is 26.5. The molecular formula is C20H23NO6. The van der Waals surface area contributed by atoms with Crippen LogP contribution in [-0.2, 0) is 9.53 Å². The van der Waals surface area contributed by atoms with E-state index in [1.54, 1.807) is 11.0 Å². The van der Waals surface area contributed by atoms with Crippen molar-refractivity contribution in [2.24, 2.45) is 0 Å². The van der Waals surface area contributed by atoms with Crippen molar-refractivity contribution in [3.63, 3.8) is 0 Å². The quantitative estimate of drug-likeness (QED) is 0.663. The van der Waals surface area contributed by atoms with Crippen molar-refractivity contribution in [3.05, 3.63) is 48.0 Å². The zero-order valence-corrected chi connectivity index (χ0v) is 15.9. The lowest BCUT2D eigenvalue weighted by Crippen LogP contribution is -2.34. The van der Waals surface area contributed by atoms with Crippen LogP contribution in [0, 0.1) is 0 Å². The van der Waals surface area contributed by atoms with E-state index in [-0.39, 0.29) is 29.6 Å². The zero-order chi connectivity index (χ0) is 19.8. The van der Waals surface area contributed by atoms with Gasteiger partial charge in [0, 0.05) is 12.2 Å². The molecule has 7 nitrogen and oxygen atoms in total. The summed E-state index contributed by atoms with van der Waals surface area (Å²) in [6, 6.07) is 12.3. The van der Waals surface area contributed by atoms with Crippen LogP contribution in [-0.4, -0.2) is 46.4 Å². The lowest BCUT2D eigenvalue weighted by atomic mass is 10.1. The molecule has 0 aliphatic carbocycles. The van der Waals surface area contributed by atoms with E-state index < -0.39 is 5.97 Å². The predicted octanol–water partition coefficient (Wildman–Crippen LogP) is 2.92. The molecule has 2 rings (SSSR count). The van der Waals surface area contributed by atoms with E-state index in [1.165, 1.54) is 27.4 Å². The van der Waals surface area contributed by atoms with Gasteiger partial charge in [-0.05, 0) is 31.2 Å². The molecule has 0 saturated heterocycles. The molecule has 0 atom stereocenters. The highest BCUT2D eigenvalue weighted by atomic mass is 16.5. The first-order valence-electron chi connectivity index (χ1n) is 8.38. The number of rotatable bonds is 8. The molecule has 27 heavy (non-hydrogen) atoms. The Labute approximate surface area is 158 Å². The number of amides is 1. The van der Waals surface area contributed by atoms with Crippen LogP contribution in [0.2, 0.25) is 0 Å². The second-order valence-corrected chi connectivity index (χ2v) is 5.43. The van der Waals surface area contributed by atoms with Gasteiger partial charge in [-0.1, -0.05) is 18.2 Å². The molecular weight excluding hydrogens is 350 g/mol. The van der Waals surface area contributed by atoms with Gasteiger partial charge in [-0.15, -0.1) is 0 Å². The van der Waals surface area contributed by atoms with Crippen LogP contribution in [0.5, 0.6) is 17.2 Å². The number of hydrogen-bond acceptors (Lipinski definition) is 6. The Kier molecular flexibility index (Phi) is 7.05. The van der Waals surface area contributed by atoms with Crippen LogP contribution >= 0.6 is 0 Å². The molecule has 0 unspecified atom stereocenters. The van der Waals surface area contributed by atoms with Gasteiger partial charge in [0.1, 0.15) is 5.56 Å². The number of anilines is 1. The van der Waals surface area contributed by atoms with Crippen LogP contribution in [0.1, 0.15) is 17.3 Å². The van der Waals surface area contributed by atoms with E-state index in [0.29, 0.717) is 12.3 Å². The van der Waals surface area contributed by atoms with Crippen LogP contribution in [0.3, 0.4) is 0 Å². The number of benzene rings is 2. The van der Waals surface area contributed by atoms with E-state index in [2.05, 4.69) is 0 Å². The van der Waals surface area contributed by atoms with E-state index in [9.17, 15) is 9.59 Å². The molecule has 2 aromatic rings. The molecule has 7 heteroatoms. The number of ether oxygens (including phenoxy) is 4. The third-order valence-electron chi connectivity index (χ3n) is 3.94. The molecule has 2 aromatic carbocycles. The van der Waals surface area contributed by atoms with E-state index >= 15 is 0 Å². The third-order valence-corrected chi connectivity index (χ3v) is 3.94. The Morgan fingerprint density at radius 3 is 2.11 bits per heavy atom. The Balaban J connectivity index is 2.14. The summed E-state index contributed by atoms with van der Waals surface area (Å²) in [5.74, 6) is -0.130. The van der Waals surface area contributed by atoms with Gasteiger partial charge >= 0.3 is 5.97 Å². The average Bonchev–Trinajstić information content (AvgIpc) is 2.71. The first-order valence-corrected chi connectivity index (χ1v) is 8.38. The highest BCUT2D eigenvalue weighted by molar-refractivity contribution is 5.98. The topological polar surface area (TPSA) is 74.3 Å². The fourth-order valence-electron chi connectivity index (χ4n) is 2.66. The van der Waals surface area contributed by atoms with Crippen LogP contribution in [0.15, 0.2) is 42.5 Å². The molecule has 0 spiro atoms. The molecule has 0 aliphatic rings. The molecule has 0 saturated carbocycles. The number of nitrogens with zero attached hydrogens (tertiary/aromatic N) is 1. The summed E-state index contributed by atoms with van der Waals surface area (Å²) in [5.41, 5.74) is 0.885. The lowest BCUT2D eigenvalue weighted by Gasteiger charge is -2.21. The predicted molar refractivity (Wildman–Crippen MR) is 101 cm³/mol. The Bertz CT molecular complexity index is 791. The normalized spacial score (nSPS) is 10.1. The summed E-state index contributed by atoms with van der Waals surface area (Å²) < 4.78 is 20.9. The van der Waals surface area contributed by atoms with Gasteiger partial charge in [0.15, 0.2) is 18.1 Å². The molecule has 0 fully saturated rings. The number of para-hydroxylation sites is 1. The fraction of sp³-hybridized carbons (Fsp3) is 0.300. The summed E-state index contributed by atoms with van der Waals surface area (Å²) >= 11 is 0. The van der Waals surface area contributed by atoms with Crippen molar-refractivity contribution in [3.8, 4) is 17.2 Å². The average molecular weight is 373 g/mol. The van der Waals surface area contributed by atoms with Crippen molar-refractivity contribution in [1.29, 1.82) is 0 Å². The van der Waals surface area contributed by atoms with E-state index in [4.69, 9.17) is 18.9 Å². The lowest BCUT2D eigenvalue weighted by molar-refractivity contribution is -0.121. The minimum Gasteiger partial charge on any atom is -0.493 e. The number of hydrogen-bond donors (Lipinski definition) is 0. The minimum absolute atomic E-state index is 0.144. The summed E-state index contributed by atoms with van der Waals surface area (Å²) in [5, 5.41) is 0. The first kappa shape index (κ1) is 20.1. The van der Waals surface area contributed by atoms with E-state index in [0.717, 1.165) is 5.69 Å². The van der Waals surface area contributed by atoms with Gasteiger partial charge < -0.3 is 23.8 Å². The van der Waals surface area contributed by atoms with Crippen molar-refractivity contribution >= 4 is 17.6 Å². The smallest absolute Gasteiger partial charge is 0.342 e. The largest absolute Gasteiger partial charge is 0.493 e. The molecule has 1 amide bonds. The monoisotopic (exact) mass is 373 g/mol. The van der Waals surface area contributed by atoms with Crippen LogP contribution in [0.25, 0.3) is 0 Å². The molecule has 0 radical (unpaired) electrons. The van der Waals surface area contributed by atoms with Crippen molar-refractivity contribution in [2.45, 2.75) is 6.92 Å². The number of esters is 1. The standard InChI is InChI=1S/C20H23NO6/c1-5-21(14-9-7-6-8-10-14)17(22)13-27-20(23)15-11-12-16(24-2)19(26-4)18(15)25-3/h6-12H,5,13H2,1-4H3. The van der Waals surface area contributed by atoms with E-state index in [1.807, 2.05) is 37.3 Å². The maximum Gasteiger partial charge on any atom is 0.342 e. The fourth-order valence-corrected chi connectivity index (χ4v) is 2.66. The Hall–Kier alpha value is -3.22. The second kappa shape index (κ2) is 9.47. The van der Waals surface area contributed by atoms with Gasteiger partial charge in [-0.2, -0.15) is 0 Å². The third kappa shape index (κ3) is 4.49. The van der Waals surface area contributed by atoms with Crippen molar-refractivity contribution in [1.82, 2.24) is 0 Å². The maximum absolute atomic E-state index is 12.5. The number of likely N-dealkylation sites (N-methyl/N-ethyl adjacent to an activating group) is 1. The molecule has 144 valence electrons. The van der Waals surface area contributed by atoms with Crippen molar-refractivity contribution in [2.75, 3.05) is 39.4 Å². The van der Waals surface area contributed by atoms with Gasteiger partial charge in [0.05, 0.1) is 21.3 Å². The molecule has 0 bridgehead atoms. The maximum atomic E-state index is 12.5. The summed E-state index contributed by atoms with van der Waals surface area (Å²) in [7, 11) is 4.34. The van der Waals surface area contributed by atoms with Gasteiger partial charge in [-0.25, -0.2) is 4.79 Å². The summed E-state index contributed by atoms with van der Waals surface area (Å²) in [6.07, 6.45) is 0. The molecule has 0 N–H and O–H groups in total. The van der Waals surface area contributed by atoms with Crippen molar-refractivity contribution < 1.29 is 28.5 Å². The van der Waals surface area contributed by atoms with Gasteiger partial charge in [-0.3, -0.25) is 4.79 Å². The first-order chi connectivity index (χ1) is 13.1. The number of carbonyl (C=O) groups excluding carboxylic acids is 2. The molecule has 0 aliphatic heterocycles. The second-order valence-electron chi connectivity index (χ2n) is 5.43. The Morgan fingerprint density at radius 2 is 1.56 bits per heavy atom. The minimum atomic E-state index is -0.690. The molecule has 0 heterocycles. The van der Waals surface area contributed by atoms with Crippen LogP contribution < -0.4 is 19.1 Å². The SMILES string of the molecule is CCN(C(=O)COC(=O)c1ccc(OC)c(OC)c1OC)c1ccccc1. The summed E-state index contributed by atoms with van der Waals surface area (Å²) in [6.45, 7) is 1.92. The Morgan fingerprint density at radius 1 is 0.889 bits per heavy atom. The van der Waals surface area contributed by atoms with Crippen LogP contribution in [0.4, 0.5) is 5.69 Å². The van der Waals surface area contributed by atoms with Gasteiger partial charge in [0.25, 0.3) is 5.91 Å². The highest BCUT2D eigenvalue weighted by Gasteiger charge is 2.23.